The molecule has 4 nitrogen and oxygen atoms in total. The Bertz CT molecular complexity index is 174. The van der Waals surface area contributed by atoms with Crippen molar-refractivity contribution in [2.75, 3.05) is 19.3 Å². The molecule has 0 aliphatic carbocycles. The molecular formula is C8H18N2O2S. The molecule has 0 saturated heterocycles. The first kappa shape index (κ1) is 12.7. The average molecular weight is 206 g/mol. The molecule has 0 aliphatic rings. The number of rotatable bonds is 6. The van der Waals surface area contributed by atoms with E-state index in [1.165, 1.54) is 0 Å². The van der Waals surface area contributed by atoms with E-state index in [1.54, 1.807) is 11.8 Å². The molecule has 0 amide bonds. The second-order valence-corrected chi connectivity index (χ2v) is 5.05. The lowest BCUT2D eigenvalue weighted by Gasteiger charge is -2.22. The fraction of sp³-hybridized carbons (Fsp3) is 0.875. The zero-order valence-corrected chi connectivity index (χ0v) is 9.15. The summed E-state index contributed by atoms with van der Waals surface area (Å²) in [6.07, 6.45) is 2.03. The van der Waals surface area contributed by atoms with E-state index in [1.807, 2.05) is 6.26 Å². The van der Waals surface area contributed by atoms with E-state index in [9.17, 15) is 4.79 Å². The summed E-state index contributed by atoms with van der Waals surface area (Å²) in [5, 5.41) is 11.5. The molecule has 0 fully saturated rings. The van der Waals surface area contributed by atoms with Crippen molar-refractivity contribution in [3.05, 3.63) is 0 Å². The van der Waals surface area contributed by atoms with Crippen molar-refractivity contribution in [3.8, 4) is 0 Å². The van der Waals surface area contributed by atoms with Crippen LogP contribution < -0.4 is 11.1 Å². The Labute approximate surface area is 83.3 Å². The molecular weight excluding hydrogens is 188 g/mol. The van der Waals surface area contributed by atoms with Gasteiger partial charge >= 0.3 is 5.97 Å². The van der Waals surface area contributed by atoms with Gasteiger partial charge in [-0.25, -0.2) is 0 Å². The maximum atomic E-state index is 10.4. The van der Waals surface area contributed by atoms with E-state index in [0.717, 1.165) is 6.54 Å². The van der Waals surface area contributed by atoms with Crippen LogP contribution in [0.3, 0.4) is 0 Å². The Kier molecular flexibility index (Phi) is 5.36. The number of nitrogens with one attached hydrogen (secondary N) is 1. The highest BCUT2D eigenvalue weighted by atomic mass is 32.2. The third kappa shape index (κ3) is 5.90. The summed E-state index contributed by atoms with van der Waals surface area (Å²) >= 11 is 1.74. The van der Waals surface area contributed by atoms with Crippen LogP contribution in [0, 0.1) is 0 Å². The lowest BCUT2D eigenvalue weighted by molar-refractivity contribution is -0.138. The van der Waals surface area contributed by atoms with E-state index in [-0.39, 0.29) is 4.75 Å². The Hall–Kier alpha value is -0.260. The molecule has 1 unspecified atom stereocenters. The zero-order valence-electron chi connectivity index (χ0n) is 8.33. The van der Waals surface area contributed by atoms with Gasteiger partial charge in [-0.05, 0) is 20.1 Å². The standard InChI is InChI=1S/C8H18N2O2S/c1-8(2,13-3)5-10-4-6(9)7(11)12/h6,10H,4-5,9H2,1-3H3,(H,11,12). The van der Waals surface area contributed by atoms with Gasteiger partial charge in [0.1, 0.15) is 6.04 Å². The third-order valence-corrected chi connectivity index (χ3v) is 3.03. The summed E-state index contributed by atoms with van der Waals surface area (Å²) < 4.78 is 0.123. The van der Waals surface area contributed by atoms with Crippen LogP contribution in [0.25, 0.3) is 0 Å². The van der Waals surface area contributed by atoms with Crippen molar-refractivity contribution in [1.82, 2.24) is 5.32 Å². The zero-order chi connectivity index (χ0) is 10.5. The SMILES string of the molecule is CSC(C)(C)CNCC(N)C(=O)O. The number of nitrogens with two attached hydrogens (primary N) is 1. The van der Waals surface area contributed by atoms with E-state index >= 15 is 0 Å². The second-order valence-electron chi connectivity index (χ2n) is 3.54. The van der Waals surface area contributed by atoms with Gasteiger partial charge in [0.05, 0.1) is 0 Å². The fourth-order valence-electron chi connectivity index (χ4n) is 0.688. The fourth-order valence-corrected chi connectivity index (χ4v) is 0.935. The highest BCUT2D eigenvalue weighted by molar-refractivity contribution is 7.99. The first-order valence-corrected chi connectivity index (χ1v) is 5.36. The van der Waals surface area contributed by atoms with Crippen LogP contribution >= 0.6 is 11.8 Å². The molecule has 0 heterocycles. The van der Waals surface area contributed by atoms with Gasteiger partial charge in [0.15, 0.2) is 0 Å². The minimum atomic E-state index is -0.963. The predicted molar refractivity (Wildman–Crippen MR) is 56.1 cm³/mol. The van der Waals surface area contributed by atoms with Crippen molar-refractivity contribution in [3.63, 3.8) is 0 Å². The number of thioether (sulfide) groups is 1. The maximum Gasteiger partial charge on any atom is 0.321 e. The van der Waals surface area contributed by atoms with Crippen LogP contribution in [0.2, 0.25) is 0 Å². The number of aliphatic carboxylic acids is 1. The summed E-state index contributed by atoms with van der Waals surface area (Å²) in [6.45, 7) is 5.27. The molecule has 0 aliphatic heterocycles. The maximum absolute atomic E-state index is 10.4. The van der Waals surface area contributed by atoms with Crippen LogP contribution in [-0.2, 0) is 4.79 Å². The number of carboxylic acid groups (broad SMARTS) is 1. The molecule has 0 radical (unpaired) electrons. The Balaban J connectivity index is 3.62. The second kappa shape index (κ2) is 5.47. The molecule has 0 aromatic rings. The lowest BCUT2D eigenvalue weighted by Crippen LogP contribution is -2.43. The van der Waals surface area contributed by atoms with Gasteiger partial charge in [-0.3, -0.25) is 4.79 Å². The molecule has 0 aromatic heterocycles. The van der Waals surface area contributed by atoms with Gasteiger partial charge < -0.3 is 16.2 Å². The van der Waals surface area contributed by atoms with E-state index < -0.39 is 12.0 Å². The topological polar surface area (TPSA) is 75.3 Å². The molecule has 13 heavy (non-hydrogen) atoms. The summed E-state index contributed by atoms with van der Waals surface area (Å²) in [7, 11) is 0. The molecule has 4 N–H and O–H groups in total. The summed E-state index contributed by atoms with van der Waals surface area (Å²) in [5.41, 5.74) is 5.32. The van der Waals surface area contributed by atoms with Gasteiger partial charge in [-0.15, -0.1) is 0 Å². The van der Waals surface area contributed by atoms with Gasteiger partial charge in [-0.1, -0.05) is 0 Å². The monoisotopic (exact) mass is 206 g/mol. The van der Waals surface area contributed by atoms with Gasteiger partial charge in [-0.2, -0.15) is 11.8 Å². The smallest absolute Gasteiger partial charge is 0.321 e. The lowest BCUT2D eigenvalue weighted by atomic mass is 10.2. The summed E-state index contributed by atoms with van der Waals surface area (Å²) in [4.78, 5) is 10.4. The highest BCUT2D eigenvalue weighted by Gasteiger charge is 2.17. The summed E-state index contributed by atoms with van der Waals surface area (Å²) in [6, 6.07) is -0.808. The molecule has 0 rings (SSSR count). The minimum Gasteiger partial charge on any atom is -0.480 e. The quantitative estimate of drug-likeness (QED) is 0.576. The first-order valence-electron chi connectivity index (χ1n) is 4.13. The normalized spacial score (nSPS) is 14.2. The van der Waals surface area contributed by atoms with Crippen molar-refractivity contribution in [2.45, 2.75) is 24.6 Å². The predicted octanol–water partition coefficient (Wildman–Crippen LogP) is 0.130. The van der Waals surface area contributed by atoms with Crippen LogP contribution in [-0.4, -0.2) is 41.2 Å². The number of hydrogen-bond donors (Lipinski definition) is 3. The molecule has 1 atom stereocenters. The first-order chi connectivity index (χ1) is 5.89. The largest absolute Gasteiger partial charge is 0.480 e. The van der Waals surface area contributed by atoms with Crippen LogP contribution in [0.15, 0.2) is 0 Å². The van der Waals surface area contributed by atoms with Crippen molar-refractivity contribution in [2.24, 2.45) is 5.73 Å². The Morgan fingerprint density at radius 1 is 1.69 bits per heavy atom. The van der Waals surface area contributed by atoms with Crippen LogP contribution in [0.5, 0.6) is 0 Å². The summed E-state index contributed by atoms with van der Waals surface area (Å²) in [5.74, 6) is -0.963. The number of carbonyl (C=O) groups is 1. The molecule has 78 valence electrons. The van der Waals surface area contributed by atoms with Crippen molar-refractivity contribution >= 4 is 17.7 Å². The molecule has 5 heteroatoms. The van der Waals surface area contributed by atoms with Crippen molar-refractivity contribution < 1.29 is 9.90 Å². The molecule has 0 bridgehead atoms. The average Bonchev–Trinajstić information content (AvgIpc) is 2.04. The van der Waals surface area contributed by atoms with E-state index in [0.29, 0.717) is 6.54 Å². The van der Waals surface area contributed by atoms with Crippen molar-refractivity contribution in [1.29, 1.82) is 0 Å². The van der Waals surface area contributed by atoms with Gasteiger partial charge in [0, 0.05) is 17.8 Å². The highest BCUT2D eigenvalue weighted by Crippen LogP contribution is 2.19. The molecule has 0 spiro atoms. The van der Waals surface area contributed by atoms with Crippen LogP contribution in [0.1, 0.15) is 13.8 Å². The minimum absolute atomic E-state index is 0.123. The molecule has 0 saturated carbocycles. The molecule has 0 aromatic carbocycles. The van der Waals surface area contributed by atoms with Gasteiger partial charge in [0.2, 0.25) is 0 Å². The van der Waals surface area contributed by atoms with E-state index in [2.05, 4.69) is 19.2 Å². The third-order valence-electron chi connectivity index (χ3n) is 1.78. The number of carboxylic acids is 1. The Morgan fingerprint density at radius 3 is 2.62 bits per heavy atom. The van der Waals surface area contributed by atoms with Crippen LogP contribution in [0.4, 0.5) is 0 Å². The van der Waals surface area contributed by atoms with E-state index in [4.69, 9.17) is 10.8 Å². The number of hydrogen-bond acceptors (Lipinski definition) is 4. The Morgan fingerprint density at radius 2 is 2.23 bits per heavy atom. The van der Waals surface area contributed by atoms with Gasteiger partial charge in [0.25, 0.3) is 0 Å².